The monoisotopic (exact) mass is 429 g/mol. The van der Waals surface area contributed by atoms with Crippen molar-refractivity contribution in [3.8, 4) is 17.3 Å². The molecular formula is C19H16BrN3O4. The van der Waals surface area contributed by atoms with E-state index in [1.807, 2.05) is 6.92 Å². The summed E-state index contributed by atoms with van der Waals surface area (Å²) in [6.07, 6.45) is 1.22. The zero-order valence-electron chi connectivity index (χ0n) is 14.3. The number of aromatic amines is 1. The first kappa shape index (κ1) is 18.7. The molecule has 1 heterocycles. The summed E-state index contributed by atoms with van der Waals surface area (Å²) in [7, 11) is 0. The van der Waals surface area contributed by atoms with Crippen LogP contribution >= 0.6 is 15.9 Å². The zero-order valence-corrected chi connectivity index (χ0v) is 15.9. The fraction of sp³-hybridized carbons (Fsp3) is 0.105. The number of benzene rings is 2. The number of aromatic hydroxyl groups is 1. The van der Waals surface area contributed by atoms with Crippen molar-refractivity contribution in [2.45, 2.75) is 6.92 Å². The van der Waals surface area contributed by atoms with E-state index in [4.69, 9.17) is 4.74 Å². The van der Waals surface area contributed by atoms with E-state index < -0.39 is 17.1 Å². The van der Waals surface area contributed by atoms with Crippen molar-refractivity contribution in [1.29, 1.82) is 0 Å². The van der Waals surface area contributed by atoms with Gasteiger partial charge in [0.15, 0.2) is 0 Å². The lowest BCUT2D eigenvalue weighted by molar-refractivity contribution is 0.340. The molecule has 0 saturated heterocycles. The summed E-state index contributed by atoms with van der Waals surface area (Å²) in [4.78, 5) is 30.7. The molecule has 0 spiro atoms. The van der Waals surface area contributed by atoms with Gasteiger partial charge < -0.3 is 9.84 Å². The SMILES string of the molecule is CCOc1ccc(-n2c(O)c(C=Nc3ccc(Br)cc3)c(=O)[nH]c2=O)cc1. The highest BCUT2D eigenvalue weighted by molar-refractivity contribution is 9.10. The van der Waals surface area contributed by atoms with Gasteiger partial charge in [0.2, 0.25) is 5.88 Å². The fourth-order valence-corrected chi connectivity index (χ4v) is 2.68. The summed E-state index contributed by atoms with van der Waals surface area (Å²) in [6, 6.07) is 13.7. The molecule has 7 nitrogen and oxygen atoms in total. The number of nitrogens with zero attached hydrogens (tertiary/aromatic N) is 2. The Morgan fingerprint density at radius 1 is 1.15 bits per heavy atom. The number of H-pyrrole nitrogens is 1. The third-order valence-electron chi connectivity index (χ3n) is 3.70. The molecule has 0 aliphatic rings. The molecule has 3 aromatic rings. The van der Waals surface area contributed by atoms with Gasteiger partial charge in [-0.15, -0.1) is 0 Å². The molecule has 0 atom stereocenters. The van der Waals surface area contributed by atoms with E-state index >= 15 is 0 Å². The van der Waals surface area contributed by atoms with E-state index in [2.05, 4.69) is 25.9 Å². The molecule has 0 aliphatic heterocycles. The maximum Gasteiger partial charge on any atom is 0.335 e. The Bertz CT molecular complexity index is 1080. The molecule has 0 amide bonds. The average molecular weight is 430 g/mol. The number of aromatic nitrogens is 2. The smallest absolute Gasteiger partial charge is 0.335 e. The fourth-order valence-electron chi connectivity index (χ4n) is 2.42. The van der Waals surface area contributed by atoms with Gasteiger partial charge in [-0.1, -0.05) is 15.9 Å². The molecule has 0 fully saturated rings. The topological polar surface area (TPSA) is 96.7 Å². The van der Waals surface area contributed by atoms with Crippen molar-refractivity contribution < 1.29 is 9.84 Å². The van der Waals surface area contributed by atoms with Crippen molar-refractivity contribution in [2.24, 2.45) is 4.99 Å². The van der Waals surface area contributed by atoms with E-state index in [1.54, 1.807) is 48.5 Å². The Morgan fingerprint density at radius 2 is 1.81 bits per heavy atom. The zero-order chi connectivity index (χ0) is 19.4. The first-order chi connectivity index (χ1) is 13.0. The van der Waals surface area contributed by atoms with Gasteiger partial charge >= 0.3 is 5.69 Å². The Kier molecular flexibility index (Phi) is 5.56. The van der Waals surface area contributed by atoms with Gasteiger partial charge in [0, 0.05) is 10.7 Å². The summed E-state index contributed by atoms with van der Waals surface area (Å²) in [6.45, 7) is 2.38. The summed E-state index contributed by atoms with van der Waals surface area (Å²) in [5.74, 6) is 0.143. The molecule has 2 N–H and O–H groups in total. The van der Waals surface area contributed by atoms with Crippen LogP contribution in [-0.2, 0) is 0 Å². The molecule has 8 heteroatoms. The minimum Gasteiger partial charge on any atom is -0.494 e. The van der Waals surface area contributed by atoms with Gasteiger partial charge in [-0.3, -0.25) is 14.8 Å². The number of halogens is 1. The molecule has 0 saturated carbocycles. The minimum atomic E-state index is -0.748. The normalized spacial score (nSPS) is 11.0. The van der Waals surface area contributed by atoms with Crippen LogP contribution in [0, 0.1) is 0 Å². The van der Waals surface area contributed by atoms with Gasteiger partial charge in [-0.05, 0) is 55.5 Å². The van der Waals surface area contributed by atoms with Gasteiger partial charge in [-0.25, -0.2) is 9.36 Å². The van der Waals surface area contributed by atoms with Crippen LogP contribution < -0.4 is 16.0 Å². The lowest BCUT2D eigenvalue weighted by Crippen LogP contribution is -2.31. The van der Waals surface area contributed by atoms with Crippen LogP contribution in [0.15, 0.2) is 67.6 Å². The summed E-state index contributed by atoms with van der Waals surface area (Å²) in [5, 5.41) is 10.5. The largest absolute Gasteiger partial charge is 0.494 e. The third kappa shape index (κ3) is 4.17. The van der Waals surface area contributed by atoms with Gasteiger partial charge in [0.25, 0.3) is 5.56 Å². The second kappa shape index (κ2) is 8.05. The van der Waals surface area contributed by atoms with Crippen LogP contribution in [0.1, 0.15) is 12.5 Å². The molecule has 138 valence electrons. The number of hydrogen-bond acceptors (Lipinski definition) is 5. The number of hydrogen-bond donors (Lipinski definition) is 2. The van der Waals surface area contributed by atoms with Crippen LogP contribution in [-0.4, -0.2) is 27.5 Å². The van der Waals surface area contributed by atoms with E-state index in [1.165, 1.54) is 6.21 Å². The van der Waals surface area contributed by atoms with Crippen molar-refractivity contribution >= 4 is 27.8 Å². The lowest BCUT2D eigenvalue weighted by Gasteiger charge is -2.10. The Morgan fingerprint density at radius 3 is 2.44 bits per heavy atom. The number of ether oxygens (including phenoxy) is 1. The average Bonchev–Trinajstić information content (AvgIpc) is 2.64. The summed E-state index contributed by atoms with van der Waals surface area (Å²) >= 11 is 3.33. The molecular weight excluding hydrogens is 414 g/mol. The lowest BCUT2D eigenvalue weighted by atomic mass is 10.2. The van der Waals surface area contributed by atoms with Gasteiger partial charge in [0.05, 0.1) is 18.0 Å². The van der Waals surface area contributed by atoms with Crippen molar-refractivity contribution in [2.75, 3.05) is 6.61 Å². The van der Waals surface area contributed by atoms with E-state index in [0.717, 1.165) is 9.04 Å². The highest BCUT2D eigenvalue weighted by Gasteiger charge is 2.14. The van der Waals surface area contributed by atoms with Gasteiger partial charge in [-0.2, -0.15) is 0 Å². The molecule has 3 rings (SSSR count). The summed E-state index contributed by atoms with van der Waals surface area (Å²) < 4.78 is 7.26. The molecule has 2 aromatic carbocycles. The van der Waals surface area contributed by atoms with E-state index in [0.29, 0.717) is 23.7 Å². The van der Waals surface area contributed by atoms with Crippen LogP contribution in [0.3, 0.4) is 0 Å². The van der Waals surface area contributed by atoms with Crippen molar-refractivity contribution in [3.63, 3.8) is 0 Å². The van der Waals surface area contributed by atoms with Crippen LogP contribution in [0.2, 0.25) is 0 Å². The predicted molar refractivity (Wildman–Crippen MR) is 107 cm³/mol. The quantitative estimate of drug-likeness (QED) is 0.608. The molecule has 27 heavy (non-hydrogen) atoms. The summed E-state index contributed by atoms with van der Waals surface area (Å²) in [5.41, 5.74) is -0.610. The predicted octanol–water partition coefficient (Wildman–Crippen LogP) is 3.14. The third-order valence-corrected chi connectivity index (χ3v) is 4.22. The van der Waals surface area contributed by atoms with Crippen molar-refractivity contribution in [3.05, 3.63) is 79.4 Å². The first-order valence-electron chi connectivity index (χ1n) is 8.10. The van der Waals surface area contributed by atoms with E-state index in [9.17, 15) is 14.7 Å². The van der Waals surface area contributed by atoms with Crippen LogP contribution in [0.4, 0.5) is 5.69 Å². The van der Waals surface area contributed by atoms with Crippen LogP contribution in [0.25, 0.3) is 5.69 Å². The van der Waals surface area contributed by atoms with Crippen molar-refractivity contribution in [1.82, 2.24) is 9.55 Å². The highest BCUT2D eigenvalue weighted by Crippen LogP contribution is 2.20. The maximum absolute atomic E-state index is 12.2. The minimum absolute atomic E-state index is 0.119. The molecule has 1 aromatic heterocycles. The van der Waals surface area contributed by atoms with E-state index in [-0.39, 0.29) is 5.56 Å². The maximum atomic E-state index is 12.2. The second-order valence-electron chi connectivity index (χ2n) is 5.49. The number of nitrogens with one attached hydrogen (secondary N) is 1. The molecule has 0 aliphatic carbocycles. The highest BCUT2D eigenvalue weighted by atomic mass is 79.9. The first-order valence-corrected chi connectivity index (χ1v) is 8.90. The standard InChI is InChI=1S/C19H16BrN3O4/c1-2-27-15-9-7-14(8-10-15)23-18(25)16(17(24)22-19(23)26)11-21-13-5-3-12(20)4-6-13/h3-11,25H,2H2,1H3,(H,22,24,26). The molecule has 0 bridgehead atoms. The van der Waals surface area contributed by atoms with Gasteiger partial charge in [0.1, 0.15) is 11.3 Å². The Balaban J connectivity index is 2.03. The number of aliphatic imine (C=N–C) groups is 1. The molecule has 0 radical (unpaired) electrons. The molecule has 0 unspecified atom stereocenters. The number of rotatable bonds is 5. The van der Waals surface area contributed by atoms with Crippen LogP contribution in [0.5, 0.6) is 11.6 Å². The Hall–Kier alpha value is -3.13. The Labute approximate surface area is 162 Å². The second-order valence-corrected chi connectivity index (χ2v) is 6.41.